The number of carbonyl (C=O) groups is 1. The van der Waals surface area contributed by atoms with Gasteiger partial charge in [-0.1, -0.05) is 48.5 Å². The minimum atomic E-state index is -0.484. The molecule has 4 rings (SSSR count). The summed E-state index contributed by atoms with van der Waals surface area (Å²) in [6.07, 6.45) is 0.480. The molecule has 0 saturated carbocycles. The van der Waals surface area contributed by atoms with Crippen molar-refractivity contribution in [2.75, 3.05) is 20.8 Å². The lowest BCUT2D eigenvalue weighted by Gasteiger charge is -2.15. The first-order valence-corrected chi connectivity index (χ1v) is 10.7. The highest BCUT2D eigenvalue weighted by Gasteiger charge is 2.21. The predicted octanol–water partition coefficient (Wildman–Crippen LogP) is 3.79. The third kappa shape index (κ3) is 5.10. The smallest absolute Gasteiger partial charge is 0.343 e. The zero-order valence-electron chi connectivity index (χ0n) is 19.2. The Labute approximate surface area is 197 Å². The molecule has 0 amide bonds. The van der Waals surface area contributed by atoms with E-state index < -0.39 is 5.97 Å². The molecule has 1 N–H and O–H groups in total. The highest BCUT2D eigenvalue weighted by Crippen LogP contribution is 2.30. The molecular weight excluding hydrogens is 434 g/mol. The number of aryl methyl sites for hydroxylation is 1. The van der Waals surface area contributed by atoms with Crippen LogP contribution in [0.2, 0.25) is 0 Å². The molecule has 2 aromatic carbocycles. The van der Waals surface area contributed by atoms with Crippen LogP contribution in [0.4, 0.5) is 0 Å². The molecule has 0 unspecified atom stereocenters. The number of nitrogens with one attached hydrogen (secondary N) is 1. The first-order chi connectivity index (χ1) is 16.6. The van der Waals surface area contributed by atoms with Gasteiger partial charge in [-0.2, -0.15) is 5.21 Å². The van der Waals surface area contributed by atoms with E-state index in [9.17, 15) is 4.79 Å². The number of esters is 1. The fraction of sp³-hybridized carbons (Fsp3) is 0.240. The zero-order valence-corrected chi connectivity index (χ0v) is 19.2. The Morgan fingerprint density at radius 3 is 2.47 bits per heavy atom. The van der Waals surface area contributed by atoms with Gasteiger partial charge in [-0.05, 0) is 28.8 Å². The van der Waals surface area contributed by atoms with Crippen molar-refractivity contribution in [3.05, 3.63) is 77.1 Å². The van der Waals surface area contributed by atoms with E-state index in [0.717, 1.165) is 27.9 Å². The molecular formula is C25H25N5O4. The van der Waals surface area contributed by atoms with Crippen molar-refractivity contribution in [1.82, 2.24) is 25.6 Å². The second kappa shape index (κ2) is 10.7. The standard InChI is InChI=1S/C25H25N5O4/c1-16-14-22(23(25(31)33-3)21(26-16)12-13-32-2)34-15-17-8-10-18(11-9-17)19-6-4-5-7-20(19)24-27-29-30-28-24/h4-11,14H,12-13,15H2,1-3H3,(H,27,28,29,30). The molecule has 9 nitrogen and oxygen atoms in total. The van der Waals surface area contributed by atoms with Gasteiger partial charge in [0.25, 0.3) is 0 Å². The van der Waals surface area contributed by atoms with Crippen LogP contribution in [0.25, 0.3) is 22.5 Å². The summed E-state index contributed by atoms with van der Waals surface area (Å²) < 4.78 is 16.2. The number of aromatic amines is 1. The predicted molar refractivity (Wildman–Crippen MR) is 125 cm³/mol. The van der Waals surface area contributed by atoms with Crippen molar-refractivity contribution >= 4 is 5.97 Å². The lowest BCUT2D eigenvalue weighted by molar-refractivity contribution is 0.0593. The van der Waals surface area contributed by atoms with Crippen LogP contribution in [0.3, 0.4) is 0 Å². The number of benzene rings is 2. The van der Waals surface area contributed by atoms with Crippen molar-refractivity contribution < 1.29 is 19.0 Å². The van der Waals surface area contributed by atoms with E-state index in [0.29, 0.717) is 35.9 Å². The molecule has 9 heteroatoms. The van der Waals surface area contributed by atoms with Crippen LogP contribution in [0, 0.1) is 6.92 Å². The number of carbonyl (C=O) groups excluding carboxylic acids is 1. The molecule has 0 bridgehead atoms. The summed E-state index contributed by atoms with van der Waals surface area (Å²) in [4.78, 5) is 17.0. The summed E-state index contributed by atoms with van der Waals surface area (Å²) in [6.45, 7) is 2.58. The first-order valence-electron chi connectivity index (χ1n) is 10.7. The SMILES string of the molecule is COCCc1nc(C)cc(OCc2ccc(-c3ccccc3-c3nn[nH]n3)cc2)c1C(=O)OC. The van der Waals surface area contributed by atoms with Gasteiger partial charge in [0.2, 0.25) is 5.82 Å². The lowest BCUT2D eigenvalue weighted by Crippen LogP contribution is -2.13. The van der Waals surface area contributed by atoms with Gasteiger partial charge in [-0.25, -0.2) is 4.79 Å². The molecule has 174 valence electrons. The molecule has 0 aliphatic rings. The van der Waals surface area contributed by atoms with Crippen LogP contribution >= 0.6 is 0 Å². The van der Waals surface area contributed by atoms with Crippen molar-refractivity contribution in [1.29, 1.82) is 0 Å². The quantitative estimate of drug-likeness (QED) is 0.376. The second-order valence-corrected chi connectivity index (χ2v) is 7.58. The summed E-state index contributed by atoms with van der Waals surface area (Å²) in [5.41, 5.74) is 5.52. The summed E-state index contributed by atoms with van der Waals surface area (Å²) in [5, 5.41) is 14.3. The van der Waals surface area contributed by atoms with Crippen molar-refractivity contribution in [3.8, 4) is 28.3 Å². The number of aromatic nitrogens is 5. The molecule has 0 aliphatic carbocycles. The fourth-order valence-corrected chi connectivity index (χ4v) is 3.67. The van der Waals surface area contributed by atoms with E-state index >= 15 is 0 Å². The van der Waals surface area contributed by atoms with Gasteiger partial charge >= 0.3 is 5.97 Å². The summed E-state index contributed by atoms with van der Waals surface area (Å²) in [5.74, 6) is 0.495. The van der Waals surface area contributed by atoms with Crippen LogP contribution in [0.15, 0.2) is 54.6 Å². The first kappa shape index (κ1) is 23.1. The topological polar surface area (TPSA) is 112 Å². The van der Waals surface area contributed by atoms with E-state index in [1.54, 1.807) is 13.2 Å². The highest BCUT2D eigenvalue weighted by molar-refractivity contribution is 5.93. The molecule has 0 fully saturated rings. The number of hydrogen-bond acceptors (Lipinski definition) is 8. The van der Waals surface area contributed by atoms with Crippen LogP contribution < -0.4 is 4.74 Å². The monoisotopic (exact) mass is 459 g/mol. The van der Waals surface area contributed by atoms with E-state index in [1.807, 2.05) is 55.5 Å². The number of rotatable bonds is 9. The second-order valence-electron chi connectivity index (χ2n) is 7.58. The number of pyridine rings is 1. The maximum atomic E-state index is 12.5. The Kier molecular flexibility index (Phi) is 7.24. The normalized spacial score (nSPS) is 10.8. The van der Waals surface area contributed by atoms with Crippen LogP contribution in [-0.2, 0) is 22.5 Å². The maximum Gasteiger partial charge on any atom is 0.343 e. The Bertz CT molecular complexity index is 1260. The van der Waals surface area contributed by atoms with Gasteiger partial charge in [0.05, 0.1) is 19.4 Å². The number of ether oxygens (including phenoxy) is 3. The van der Waals surface area contributed by atoms with Crippen molar-refractivity contribution in [2.24, 2.45) is 0 Å². The number of H-pyrrole nitrogens is 1. The molecule has 0 aliphatic heterocycles. The van der Waals surface area contributed by atoms with Crippen molar-refractivity contribution in [2.45, 2.75) is 20.0 Å². The molecule has 0 radical (unpaired) electrons. The Hall–Kier alpha value is -4.11. The van der Waals surface area contributed by atoms with Crippen molar-refractivity contribution in [3.63, 3.8) is 0 Å². The summed E-state index contributed by atoms with van der Waals surface area (Å²) in [6, 6.07) is 17.6. The largest absolute Gasteiger partial charge is 0.488 e. The molecule has 34 heavy (non-hydrogen) atoms. The fourth-order valence-electron chi connectivity index (χ4n) is 3.67. The van der Waals surface area contributed by atoms with Gasteiger partial charge in [0.1, 0.15) is 17.9 Å². The minimum Gasteiger partial charge on any atom is -0.488 e. The van der Waals surface area contributed by atoms with E-state index in [2.05, 4.69) is 25.6 Å². The summed E-state index contributed by atoms with van der Waals surface area (Å²) in [7, 11) is 2.95. The van der Waals surface area contributed by atoms with Crippen LogP contribution in [0.5, 0.6) is 5.75 Å². The lowest BCUT2D eigenvalue weighted by atomic mass is 9.98. The summed E-state index contributed by atoms with van der Waals surface area (Å²) >= 11 is 0. The Morgan fingerprint density at radius 2 is 1.79 bits per heavy atom. The number of nitrogens with zero attached hydrogens (tertiary/aromatic N) is 4. The zero-order chi connectivity index (χ0) is 23.9. The van der Waals surface area contributed by atoms with Gasteiger partial charge in [-0.15, -0.1) is 10.2 Å². The minimum absolute atomic E-state index is 0.282. The number of tetrazole rings is 1. The van der Waals surface area contributed by atoms with Crippen LogP contribution in [-0.4, -0.2) is 52.4 Å². The van der Waals surface area contributed by atoms with E-state index in [1.165, 1.54) is 7.11 Å². The van der Waals surface area contributed by atoms with Gasteiger partial charge in [0, 0.05) is 30.9 Å². The third-order valence-electron chi connectivity index (χ3n) is 5.29. The average molecular weight is 460 g/mol. The van der Waals surface area contributed by atoms with Crippen LogP contribution in [0.1, 0.15) is 27.3 Å². The number of methoxy groups -OCH3 is 2. The maximum absolute atomic E-state index is 12.5. The molecule has 4 aromatic rings. The van der Waals surface area contributed by atoms with Gasteiger partial charge in [-0.3, -0.25) is 4.98 Å². The molecule has 2 aromatic heterocycles. The molecule has 0 spiro atoms. The Morgan fingerprint density at radius 1 is 1.03 bits per heavy atom. The van der Waals surface area contributed by atoms with Gasteiger partial charge < -0.3 is 14.2 Å². The van der Waals surface area contributed by atoms with Gasteiger partial charge in [0.15, 0.2) is 0 Å². The van der Waals surface area contributed by atoms with E-state index in [-0.39, 0.29) is 6.61 Å². The number of hydrogen-bond donors (Lipinski definition) is 1. The molecule has 0 saturated heterocycles. The highest BCUT2D eigenvalue weighted by atomic mass is 16.5. The third-order valence-corrected chi connectivity index (χ3v) is 5.29. The van der Waals surface area contributed by atoms with E-state index in [4.69, 9.17) is 14.2 Å². The Balaban J connectivity index is 1.56. The average Bonchev–Trinajstić information content (AvgIpc) is 3.41. The molecule has 2 heterocycles. The molecule has 0 atom stereocenters.